The molecule has 0 amide bonds. The van der Waals surface area contributed by atoms with Gasteiger partial charge in [-0.15, -0.1) is 12.6 Å². The van der Waals surface area contributed by atoms with E-state index in [4.69, 9.17) is 0 Å². The van der Waals surface area contributed by atoms with E-state index >= 15 is 0 Å². The van der Waals surface area contributed by atoms with Gasteiger partial charge in [0.25, 0.3) is 0 Å². The molecule has 0 rings (SSSR count). The molecule has 0 aromatic heterocycles. The van der Waals surface area contributed by atoms with E-state index in [0.29, 0.717) is 0 Å². The lowest BCUT2D eigenvalue weighted by atomic mass is 11.6. The van der Waals surface area contributed by atoms with Crippen LogP contribution in [0.4, 0.5) is 13.2 Å². The summed E-state index contributed by atoms with van der Waals surface area (Å²) in [6.07, 6.45) is 1.02. The number of rotatable bonds is 2. The van der Waals surface area contributed by atoms with Gasteiger partial charge < -0.3 is 0 Å². The fraction of sp³-hybridized carbons (Fsp3) is 1.00. The minimum absolute atomic E-state index is 1.02. The molecule has 11 heavy (non-hydrogen) atoms. The second kappa shape index (κ2) is 3.90. The monoisotopic (exact) mass is 226 g/mol. The third kappa shape index (κ3) is 3.57. The lowest BCUT2D eigenvalue weighted by Crippen LogP contribution is -2.26. The average molecular weight is 226 g/mol. The quantitative estimate of drug-likeness (QED) is 0.708. The van der Waals surface area contributed by atoms with Gasteiger partial charge in [-0.3, -0.25) is 4.21 Å². The number of alkyl halides is 3. The van der Waals surface area contributed by atoms with Gasteiger partial charge >= 0.3 is 5.51 Å². The molecule has 0 aliphatic carbocycles. The number of thiol groups is 1. The first-order valence-corrected chi connectivity index (χ1v) is 5.59. The van der Waals surface area contributed by atoms with Gasteiger partial charge in [-0.2, -0.15) is 13.2 Å². The van der Waals surface area contributed by atoms with Crippen LogP contribution in [-0.2, 0) is 21.6 Å². The van der Waals surface area contributed by atoms with Gasteiger partial charge in [0.1, 0.15) is 0 Å². The second-order valence-electron chi connectivity index (χ2n) is 1.55. The molecule has 0 aromatic rings. The molecule has 0 bridgehead atoms. The van der Waals surface area contributed by atoms with E-state index in [0.717, 1.165) is 6.26 Å². The maximum absolute atomic E-state index is 11.6. The van der Waals surface area contributed by atoms with Crippen molar-refractivity contribution in [1.82, 2.24) is 0 Å². The molecule has 0 saturated carbocycles. The van der Waals surface area contributed by atoms with Crippen LogP contribution in [0.3, 0.4) is 0 Å². The van der Waals surface area contributed by atoms with E-state index in [1.807, 2.05) is 0 Å². The minimum Gasteiger partial charge on any atom is -0.258 e. The van der Waals surface area contributed by atoms with Crippen molar-refractivity contribution in [3.05, 3.63) is 0 Å². The molecule has 0 fully saturated rings. The third-order valence-corrected chi connectivity index (χ3v) is 4.89. The van der Waals surface area contributed by atoms with E-state index in [1.165, 1.54) is 0 Å². The molecule has 3 atom stereocenters. The molecule has 3 unspecified atom stereocenters. The largest absolute Gasteiger partial charge is 0.473 e. The van der Waals surface area contributed by atoms with Crippen LogP contribution in [0.15, 0.2) is 0 Å². The Bertz CT molecular complexity index is 189. The predicted octanol–water partition coefficient (Wildman–Crippen LogP) is 0.847. The van der Waals surface area contributed by atoms with Gasteiger partial charge in [0.2, 0.25) is 0 Å². The molecule has 8 heteroatoms. The minimum atomic E-state index is -4.84. The first-order valence-electron chi connectivity index (χ1n) is 2.24. The van der Waals surface area contributed by atoms with Crippen LogP contribution in [0.2, 0.25) is 0 Å². The van der Waals surface area contributed by atoms with Gasteiger partial charge in [0.15, 0.2) is 14.7 Å². The molecular weight excluding hydrogens is 221 g/mol. The van der Waals surface area contributed by atoms with Gasteiger partial charge in [-0.1, -0.05) is 0 Å². The van der Waals surface area contributed by atoms with Crippen LogP contribution in [0.25, 0.3) is 0 Å². The molecule has 0 spiro atoms. The van der Waals surface area contributed by atoms with Crippen LogP contribution >= 0.6 is 12.6 Å². The molecule has 0 saturated heterocycles. The van der Waals surface area contributed by atoms with Crippen molar-refractivity contribution in [1.29, 1.82) is 0 Å². The predicted molar refractivity (Wildman–Crippen MR) is 41.0 cm³/mol. The third-order valence-electron chi connectivity index (χ3n) is 0.695. The Hall–Kier alpha value is 0.440. The van der Waals surface area contributed by atoms with Crippen LogP contribution in [0, 0.1) is 0 Å². The highest BCUT2D eigenvalue weighted by Gasteiger charge is 2.42. The lowest BCUT2D eigenvalue weighted by Gasteiger charge is -2.09. The fourth-order valence-electron chi connectivity index (χ4n) is 0.237. The summed E-state index contributed by atoms with van der Waals surface area (Å²) >= 11 is 3.29. The number of hydrogen-bond donors (Lipinski definition) is 1. The summed E-state index contributed by atoms with van der Waals surface area (Å²) < 4.78 is 53.8. The molecule has 0 aromatic carbocycles. The van der Waals surface area contributed by atoms with E-state index < -0.39 is 31.0 Å². The van der Waals surface area contributed by atoms with Crippen molar-refractivity contribution in [3.8, 4) is 0 Å². The Labute approximate surface area is 71.9 Å². The zero-order chi connectivity index (χ0) is 9.23. The first-order chi connectivity index (χ1) is 4.76. The maximum atomic E-state index is 11.6. The second-order valence-corrected chi connectivity index (χ2v) is 6.06. The summed E-state index contributed by atoms with van der Waals surface area (Å²) in [5.41, 5.74) is -4.84. The Morgan fingerprint density at radius 1 is 1.36 bits per heavy atom. The standard InChI is InChI=1S/C3H5F3O2S3/c1-10(7)2(9)11(8)3(4,5)6/h2,9H,1H3. The van der Waals surface area contributed by atoms with Crippen LogP contribution in [0.1, 0.15) is 0 Å². The van der Waals surface area contributed by atoms with Gasteiger partial charge in [0.05, 0.1) is 0 Å². The van der Waals surface area contributed by atoms with Crippen molar-refractivity contribution >= 4 is 34.2 Å². The Morgan fingerprint density at radius 3 is 1.82 bits per heavy atom. The smallest absolute Gasteiger partial charge is 0.258 e. The maximum Gasteiger partial charge on any atom is 0.473 e. The topological polar surface area (TPSA) is 34.1 Å². The van der Waals surface area contributed by atoms with E-state index in [2.05, 4.69) is 12.6 Å². The van der Waals surface area contributed by atoms with Gasteiger partial charge in [0, 0.05) is 17.1 Å². The highest BCUT2D eigenvalue weighted by Crippen LogP contribution is 2.25. The molecule has 0 N–H and O–H groups in total. The fourth-order valence-corrected chi connectivity index (χ4v) is 2.14. The molecular formula is C3H5F3O2S3. The van der Waals surface area contributed by atoms with E-state index in [-0.39, 0.29) is 0 Å². The summed E-state index contributed by atoms with van der Waals surface area (Å²) in [7, 11) is -4.99. The first kappa shape index (κ1) is 11.4. The normalized spacial score (nSPS) is 20.8. The average Bonchev–Trinajstić information content (AvgIpc) is 1.82. The summed E-state index contributed by atoms with van der Waals surface area (Å²) in [4.78, 5) is 0. The summed E-state index contributed by atoms with van der Waals surface area (Å²) in [6.45, 7) is 0. The van der Waals surface area contributed by atoms with E-state index in [1.54, 1.807) is 0 Å². The van der Waals surface area contributed by atoms with Crippen molar-refractivity contribution in [2.24, 2.45) is 0 Å². The molecule has 0 radical (unpaired) electrons. The summed E-state index contributed by atoms with van der Waals surface area (Å²) in [5.74, 6) is 0. The van der Waals surface area contributed by atoms with Crippen LogP contribution in [-0.4, -0.2) is 24.1 Å². The molecule has 0 heterocycles. The van der Waals surface area contributed by atoms with Gasteiger partial charge in [-0.05, 0) is 0 Å². The summed E-state index contributed by atoms with van der Waals surface area (Å²) in [5, 5.41) is 0. The van der Waals surface area contributed by atoms with Crippen molar-refractivity contribution < 1.29 is 21.6 Å². The SMILES string of the molecule is CS(=O)C(S)S(=O)C(F)(F)F. The Morgan fingerprint density at radius 2 is 1.73 bits per heavy atom. The van der Waals surface area contributed by atoms with Crippen LogP contribution in [0.5, 0.6) is 0 Å². The number of hydrogen-bond acceptors (Lipinski definition) is 3. The van der Waals surface area contributed by atoms with Crippen molar-refractivity contribution in [3.63, 3.8) is 0 Å². The zero-order valence-corrected chi connectivity index (χ0v) is 7.82. The number of halogens is 3. The highest BCUT2D eigenvalue weighted by molar-refractivity contribution is 8.17. The lowest BCUT2D eigenvalue weighted by molar-refractivity contribution is -0.0382. The zero-order valence-electron chi connectivity index (χ0n) is 5.29. The molecule has 0 aliphatic rings. The van der Waals surface area contributed by atoms with Crippen molar-refractivity contribution in [2.75, 3.05) is 6.26 Å². The highest BCUT2D eigenvalue weighted by atomic mass is 32.3. The Kier molecular flexibility index (Phi) is 4.06. The molecule has 68 valence electrons. The molecule has 0 aliphatic heterocycles. The van der Waals surface area contributed by atoms with Crippen molar-refractivity contribution in [2.45, 2.75) is 9.42 Å². The molecule has 2 nitrogen and oxygen atoms in total. The van der Waals surface area contributed by atoms with Crippen LogP contribution < -0.4 is 0 Å². The summed E-state index contributed by atoms with van der Waals surface area (Å²) in [6, 6.07) is 0. The Balaban J connectivity index is 4.39. The van der Waals surface area contributed by atoms with E-state index in [9.17, 15) is 21.6 Å². The van der Waals surface area contributed by atoms with Gasteiger partial charge in [-0.25, -0.2) is 4.21 Å².